The number of thiophene rings is 1. The summed E-state index contributed by atoms with van der Waals surface area (Å²) in [5, 5.41) is 13.8. The first-order chi connectivity index (χ1) is 16.1. The molecule has 3 rings (SSSR count). The van der Waals surface area contributed by atoms with Crippen LogP contribution >= 0.6 is 22.9 Å². The van der Waals surface area contributed by atoms with Crippen molar-refractivity contribution in [3.05, 3.63) is 44.7 Å². The van der Waals surface area contributed by atoms with Gasteiger partial charge >= 0.3 is 0 Å². The van der Waals surface area contributed by atoms with Crippen molar-refractivity contribution in [2.24, 2.45) is 0 Å². The smallest absolute Gasteiger partial charge is 0.265 e. The van der Waals surface area contributed by atoms with E-state index in [1.54, 1.807) is 40.4 Å². The first-order valence-corrected chi connectivity index (χ1v) is 12.2. The molecule has 1 aromatic carbocycles. The summed E-state index contributed by atoms with van der Waals surface area (Å²) in [6.07, 6.45) is 0.316. The first kappa shape index (κ1) is 27.0. The van der Waals surface area contributed by atoms with Gasteiger partial charge in [0.15, 0.2) is 17.3 Å². The van der Waals surface area contributed by atoms with Gasteiger partial charge in [0.2, 0.25) is 5.75 Å². The van der Waals surface area contributed by atoms with Crippen LogP contribution in [0.2, 0.25) is 5.02 Å². The number of ether oxygens (including phenoxy) is 3. The fourth-order valence-corrected chi connectivity index (χ4v) is 5.24. The van der Waals surface area contributed by atoms with Crippen molar-refractivity contribution in [1.29, 1.82) is 5.26 Å². The van der Waals surface area contributed by atoms with Crippen LogP contribution in [0.4, 0.5) is 5.88 Å². The maximum atomic E-state index is 12.1. The predicted molar refractivity (Wildman–Crippen MR) is 127 cm³/mol. The lowest BCUT2D eigenvalue weighted by molar-refractivity contribution is 0.101. The number of carbonyl (C=O) groups excluding carboxylic acids is 1. The summed E-state index contributed by atoms with van der Waals surface area (Å²) in [7, 11) is 0.711. The molecule has 0 saturated heterocycles. The molecular weight excluding hydrogens is 506 g/mol. The number of hydrogen-bond acceptors (Lipinski definition) is 10. The molecular formula is C21H22ClN3O7S2. The summed E-state index contributed by atoms with van der Waals surface area (Å²) < 4.78 is 46.7. The SMILES string of the molecule is CC(=O)c1sccc1S(=O)(=O)Nc1onc(C)c1Cl.COc1cc(CC#N)cc(OC)c1OC. The number of Topliss-reactive ketones (excluding diaryl/α,β-unsaturated/α-hetero) is 1. The highest BCUT2D eigenvalue weighted by Gasteiger charge is 2.25. The molecule has 10 nitrogen and oxygen atoms in total. The fraction of sp³-hybridized carbons (Fsp3) is 0.286. The standard InChI is InChI=1S/C11H13NO3.C10H9ClN2O4S2/c1-13-9-6-8(4-5-12)7-10(14-2)11(9)15-3;1-5-8(11)10(17-12-5)13-19(15,16)7-3-4-18-9(7)6(2)14/h6-7H,4H2,1-3H3;3-4,13H,1-2H3. The minimum absolute atomic E-state index is 0.0863. The Labute approximate surface area is 206 Å². The Kier molecular flexibility index (Phi) is 9.31. The molecule has 0 aliphatic carbocycles. The van der Waals surface area contributed by atoms with Crippen LogP contribution in [-0.4, -0.2) is 40.7 Å². The number of sulfonamides is 1. The summed E-state index contributed by atoms with van der Waals surface area (Å²) in [4.78, 5) is 11.4. The Morgan fingerprint density at radius 3 is 2.29 bits per heavy atom. The van der Waals surface area contributed by atoms with Gasteiger partial charge in [-0.25, -0.2) is 13.1 Å². The third-order valence-corrected chi connectivity index (χ3v) is 7.23. The molecule has 2 aromatic heterocycles. The number of benzene rings is 1. The summed E-state index contributed by atoms with van der Waals surface area (Å²) in [5.74, 6) is 1.20. The Balaban J connectivity index is 0.000000248. The van der Waals surface area contributed by atoms with Crippen molar-refractivity contribution in [2.75, 3.05) is 26.1 Å². The number of halogens is 1. The van der Waals surface area contributed by atoms with E-state index in [1.165, 1.54) is 18.4 Å². The van der Waals surface area contributed by atoms with Crippen molar-refractivity contribution in [3.63, 3.8) is 0 Å². The van der Waals surface area contributed by atoms with Gasteiger partial charge in [-0.2, -0.15) is 5.26 Å². The second-order valence-electron chi connectivity index (χ2n) is 6.56. The number of methoxy groups -OCH3 is 3. The Morgan fingerprint density at radius 2 is 1.85 bits per heavy atom. The van der Waals surface area contributed by atoms with Gasteiger partial charge in [-0.05, 0) is 43.0 Å². The Hall–Kier alpha value is -3.27. The molecule has 0 atom stereocenters. The van der Waals surface area contributed by atoms with Crippen LogP contribution in [0.15, 0.2) is 33.0 Å². The maximum absolute atomic E-state index is 12.1. The minimum Gasteiger partial charge on any atom is -0.493 e. The fourth-order valence-electron chi connectivity index (χ4n) is 2.69. The molecule has 1 N–H and O–H groups in total. The molecule has 0 saturated carbocycles. The third kappa shape index (κ3) is 6.19. The number of nitriles is 1. The van der Waals surface area contributed by atoms with E-state index in [-0.39, 0.29) is 26.5 Å². The summed E-state index contributed by atoms with van der Waals surface area (Å²) >= 11 is 6.89. The van der Waals surface area contributed by atoms with Gasteiger partial charge in [-0.15, -0.1) is 11.3 Å². The topological polar surface area (TPSA) is 141 Å². The molecule has 0 spiro atoms. The Morgan fingerprint density at radius 1 is 1.24 bits per heavy atom. The highest BCUT2D eigenvalue weighted by Crippen LogP contribution is 2.38. The summed E-state index contributed by atoms with van der Waals surface area (Å²) in [6.45, 7) is 2.88. The van der Waals surface area contributed by atoms with Crippen molar-refractivity contribution < 1.29 is 31.9 Å². The first-order valence-electron chi connectivity index (χ1n) is 9.48. The second kappa shape index (κ2) is 11.7. The van der Waals surface area contributed by atoms with Crippen molar-refractivity contribution in [2.45, 2.75) is 25.2 Å². The second-order valence-corrected chi connectivity index (χ2v) is 9.50. The normalized spacial score (nSPS) is 10.5. The monoisotopic (exact) mass is 527 g/mol. The number of rotatable bonds is 8. The van der Waals surface area contributed by atoms with Crippen LogP contribution in [0, 0.1) is 18.3 Å². The highest BCUT2D eigenvalue weighted by atomic mass is 35.5. The lowest BCUT2D eigenvalue weighted by Gasteiger charge is -2.12. The zero-order valence-electron chi connectivity index (χ0n) is 19.0. The van der Waals surface area contributed by atoms with E-state index >= 15 is 0 Å². The molecule has 0 unspecified atom stereocenters. The summed E-state index contributed by atoms with van der Waals surface area (Å²) in [5.41, 5.74) is 1.21. The number of nitrogens with zero attached hydrogens (tertiary/aromatic N) is 2. The molecule has 34 heavy (non-hydrogen) atoms. The van der Waals surface area contributed by atoms with Crippen molar-refractivity contribution in [1.82, 2.24) is 5.16 Å². The molecule has 0 aliphatic heterocycles. The van der Waals surface area contributed by atoms with Crippen LogP contribution in [-0.2, 0) is 16.4 Å². The largest absolute Gasteiger partial charge is 0.493 e. The average Bonchev–Trinajstić information content (AvgIpc) is 3.43. The van der Waals surface area contributed by atoms with Gasteiger partial charge < -0.3 is 18.7 Å². The molecule has 182 valence electrons. The van der Waals surface area contributed by atoms with Crippen LogP contribution in [0.25, 0.3) is 0 Å². The maximum Gasteiger partial charge on any atom is 0.265 e. The number of ketones is 1. The molecule has 0 fully saturated rings. The van der Waals surface area contributed by atoms with E-state index in [2.05, 4.69) is 15.9 Å². The zero-order chi connectivity index (χ0) is 25.5. The summed E-state index contributed by atoms with van der Waals surface area (Å²) in [6, 6.07) is 6.96. The minimum atomic E-state index is -3.93. The van der Waals surface area contributed by atoms with Gasteiger partial charge in [0.1, 0.15) is 15.6 Å². The van der Waals surface area contributed by atoms with Crippen LogP contribution in [0.3, 0.4) is 0 Å². The van der Waals surface area contributed by atoms with Gasteiger partial charge in [0, 0.05) is 0 Å². The van der Waals surface area contributed by atoms with Gasteiger partial charge in [-0.3, -0.25) is 4.79 Å². The molecule has 13 heteroatoms. The van der Waals surface area contributed by atoms with Crippen molar-refractivity contribution >= 4 is 44.6 Å². The van der Waals surface area contributed by atoms with Crippen LogP contribution in [0.5, 0.6) is 17.2 Å². The van der Waals surface area contributed by atoms with Gasteiger partial charge in [-0.1, -0.05) is 16.8 Å². The predicted octanol–water partition coefficient (Wildman–Crippen LogP) is 4.48. The van der Waals surface area contributed by atoms with E-state index in [1.807, 2.05) is 0 Å². The number of aryl methyl sites for hydroxylation is 1. The molecule has 0 radical (unpaired) electrons. The van der Waals surface area contributed by atoms with Crippen molar-refractivity contribution in [3.8, 4) is 23.3 Å². The quantitative estimate of drug-likeness (QED) is 0.419. The highest BCUT2D eigenvalue weighted by molar-refractivity contribution is 7.93. The number of hydrogen-bond donors (Lipinski definition) is 1. The van der Waals surface area contributed by atoms with E-state index in [9.17, 15) is 13.2 Å². The number of anilines is 1. The number of carbonyl (C=O) groups is 1. The molecule has 0 aliphatic rings. The average molecular weight is 528 g/mol. The lowest BCUT2D eigenvalue weighted by atomic mass is 10.1. The van der Waals surface area contributed by atoms with Gasteiger partial charge in [0.05, 0.1) is 38.7 Å². The van der Waals surface area contributed by atoms with E-state index in [0.29, 0.717) is 29.4 Å². The molecule has 3 aromatic rings. The molecule has 0 amide bonds. The Bertz CT molecular complexity index is 1290. The number of aromatic nitrogens is 1. The van der Waals surface area contributed by atoms with Crippen LogP contribution < -0.4 is 18.9 Å². The molecule has 2 heterocycles. The molecule has 0 bridgehead atoms. The van der Waals surface area contributed by atoms with Gasteiger partial charge in [0.25, 0.3) is 15.9 Å². The van der Waals surface area contributed by atoms with E-state index in [0.717, 1.165) is 16.9 Å². The van der Waals surface area contributed by atoms with Crippen LogP contribution in [0.1, 0.15) is 27.9 Å². The van der Waals surface area contributed by atoms with E-state index < -0.39 is 10.0 Å². The lowest BCUT2D eigenvalue weighted by Crippen LogP contribution is -2.14. The number of nitrogens with one attached hydrogen (secondary N) is 1. The zero-order valence-corrected chi connectivity index (χ0v) is 21.4. The third-order valence-electron chi connectivity index (χ3n) is 4.26. The van der Waals surface area contributed by atoms with E-state index in [4.69, 9.17) is 35.6 Å².